The molecule has 0 fully saturated rings. The second kappa shape index (κ2) is 7.33. The van der Waals surface area contributed by atoms with Gasteiger partial charge in [-0.1, -0.05) is 72.8 Å². The van der Waals surface area contributed by atoms with Crippen molar-refractivity contribution in [2.45, 2.75) is 6.10 Å². The average molecular weight is 341 g/mol. The molecule has 0 aliphatic carbocycles. The molecular weight excluding hydrogens is 322 g/mol. The molecule has 0 amide bonds. The first-order valence-electron chi connectivity index (χ1n) is 8.60. The highest BCUT2D eigenvalue weighted by atomic mass is 16.3. The molecule has 4 rings (SSSR count). The number of aliphatic hydroxyl groups is 1. The SMILES string of the molecule is OC(CNc1nc(-c2ccccc2)nc2ccccc12)c1ccccc1. The van der Waals surface area contributed by atoms with Crippen molar-refractivity contribution in [1.29, 1.82) is 0 Å². The van der Waals surface area contributed by atoms with Gasteiger partial charge in [0.1, 0.15) is 5.82 Å². The molecule has 1 aromatic heterocycles. The zero-order chi connectivity index (χ0) is 17.8. The van der Waals surface area contributed by atoms with Crippen LogP contribution in [-0.2, 0) is 0 Å². The maximum absolute atomic E-state index is 10.4. The van der Waals surface area contributed by atoms with Crippen molar-refractivity contribution in [2.75, 3.05) is 11.9 Å². The highest BCUT2D eigenvalue weighted by molar-refractivity contribution is 5.90. The van der Waals surface area contributed by atoms with Gasteiger partial charge < -0.3 is 10.4 Å². The zero-order valence-electron chi connectivity index (χ0n) is 14.2. The van der Waals surface area contributed by atoms with Gasteiger partial charge in [-0.05, 0) is 17.7 Å². The number of para-hydroxylation sites is 1. The average Bonchev–Trinajstić information content (AvgIpc) is 2.73. The van der Waals surface area contributed by atoms with E-state index in [2.05, 4.69) is 10.3 Å². The minimum atomic E-state index is -0.606. The number of anilines is 1. The molecular formula is C22H19N3O. The molecule has 0 aliphatic heterocycles. The number of rotatable bonds is 5. The lowest BCUT2D eigenvalue weighted by Gasteiger charge is -2.15. The summed E-state index contributed by atoms with van der Waals surface area (Å²) in [5.74, 6) is 1.39. The number of benzene rings is 3. The molecule has 1 heterocycles. The lowest BCUT2D eigenvalue weighted by molar-refractivity contribution is 0.191. The van der Waals surface area contributed by atoms with E-state index in [1.54, 1.807) is 0 Å². The van der Waals surface area contributed by atoms with Crippen molar-refractivity contribution in [3.63, 3.8) is 0 Å². The van der Waals surface area contributed by atoms with E-state index in [0.717, 1.165) is 27.8 Å². The van der Waals surface area contributed by atoms with Gasteiger partial charge in [0.25, 0.3) is 0 Å². The van der Waals surface area contributed by atoms with Gasteiger partial charge in [-0.3, -0.25) is 0 Å². The van der Waals surface area contributed by atoms with Crippen LogP contribution in [0.2, 0.25) is 0 Å². The first-order valence-corrected chi connectivity index (χ1v) is 8.60. The van der Waals surface area contributed by atoms with Crippen LogP contribution in [0.25, 0.3) is 22.3 Å². The second-order valence-electron chi connectivity index (χ2n) is 6.09. The van der Waals surface area contributed by atoms with Crippen molar-refractivity contribution in [2.24, 2.45) is 0 Å². The van der Waals surface area contributed by atoms with Crippen molar-refractivity contribution in [3.8, 4) is 11.4 Å². The van der Waals surface area contributed by atoms with Crippen LogP contribution in [0.3, 0.4) is 0 Å². The van der Waals surface area contributed by atoms with Gasteiger partial charge in [-0.25, -0.2) is 9.97 Å². The third-order valence-electron chi connectivity index (χ3n) is 4.28. The highest BCUT2D eigenvalue weighted by Gasteiger charge is 2.11. The Morgan fingerprint density at radius 1 is 0.769 bits per heavy atom. The molecule has 4 nitrogen and oxygen atoms in total. The standard InChI is InChI=1S/C22H19N3O/c26-20(16-9-3-1-4-10-16)15-23-22-18-13-7-8-14-19(18)24-21(25-22)17-11-5-2-6-12-17/h1-14,20,26H,15H2,(H,23,24,25). The molecule has 2 N–H and O–H groups in total. The largest absolute Gasteiger partial charge is 0.387 e. The van der Waals surface area contributed by atoms with Crippen molar-refractivity contribution in [1.82, 2.24) is 9.97 Å². The minimum absolute atomic E-state index is 0.374. The molecule has 128 valence electrons. The van der Waals surface area contributed by atoms with E-state index in [1.165, 1.54) is 0 Å². The molecule has 3 aromatic carbocycles. The Morgan fingerprint density at radius 3 is 2.19 bits per heavy atom. The van der Waals surface area contributed by atoms with Crippen molar-refractivity contribution in [3.05, 3.63) is 90.5 Å². The van der Waals surface area contributed by atoms with Gasteiger partial charge in [-0.15, -0.1) is 0 Å². The number of hydrogen-bond donors (Lipinski definition) is 2. The highest BCUT2D eigenvalue weighted by Crippen LogP contribution is 2.25. The van der Waals surface area contributed by atoms with E-state index >= 15 is 0 Å². The van der Waals surface area contributed by atoms with E-state index in [1.807, 2.05) is 84.9 Å². The first kappa shape index (κ1) is 16.2. The zero-order valence-corrected chi connectivity index (χ0v) is 14.2. The third-order valence-corrected chi connectivity index (χ3v) is 4.28. The van der Waals surface area contributed by atoms with Crippen LogP contribution >= 0.6 is 0 Å². The van der Waals surface area contributed by atoms with E-state index < -0.39 is 6.10 Å². The Kier molecular flexibility index (Phi) is 4.58. The Labute approximate surface area is 152 Å². The van der Waals surface area contributed by atoms with Crippen LogP contribution < -0.4 is 5.32 Å². The quantitative estimate of drug-likeness (QED) is 0.563. The number of nitrogens with zero attached hydrogens (tertiary/aromatic N) is 2. The summed E-state index contributed by atoms with van der Waals surface area (Å²) in [7, 11) is 0. The summed E-state index contributed by atoms with van der Waals surface area (Å²) in [6.07, 6.45) is -0.606. The number of fused-ring (bicyclic) bond motifs is 1. The normalized spacial score (nSPS) is 12.0. The van der Waals surface area contributed by atoms with Gasteiger partial charge >= 0.3 is 0 Å². The van der Waals surface area contributed by atoms with Crippen LogP contribution in [0.4, 0.5) is 5.82 Å². The Hall–Kier alpha value is -3.24. The third kappa shape index (κ3) is 3.41. The number of nitrogens with one attached hydrogen (secondary N) is 1. The Bertz CT molecular complexity index is 1000. The van der Waals surface area contributed by atoms with Gasteiger partial charge in [0.15, 0.2) is 5.82 Å². The number of aliphatic hydroxyl groups excluding tert-OH is 1. The molecule has 26 heavy (non-hydrogen) atoms. The maximum atomic E-state index is 10.4. The van der Waals surface area contributed by atoms with Gasteiger partial charge in [0.05, 0.1) is 11.6 Å². The van der Waals surface area contributed by atoms with Crippen LogP contribution in [0, 0.1) is 0 Å². The molecule has 0 saturated heterocycles. The summed E-state index contributed by atoms with van der Waals surface area (Å²) in [4.78, 5) is 9.38. The monoisotopic (exact) mass is 341 g/mol. The smallest absolute Gasteiger partial charge is 0.162 e. The van der Waals surface area contributed by atoms with Crippen LogP contribution in [0.5, 0.6) is 0 Å². The molecule has 4 heteroatoms. The topological polar surface area (TPSA) is 58.0 Å². The Morgan fingerprint density at radius 2 is 1.42 bits per heavy atom. The van der Waals surface area contributed by atoms with Gasteiger partial charge in [0, 0.05) is 17.5 Å². The molecule has 0 aliphatic rings. The minimum Gasteiger partial charge on any atom is -0.387 e. The van der Waals surface area contributed by atoms with E-state index in [0.29, 0.717) is 12.4 Å². The fourth-order valence-electron chi connectivity index (χ4n) is 2.91. The summed E-state index contributed by atoms with van der Waals surface area (Å²) in [6.45, 7) is 0.374. The maximum Gasteiger partial charge on any atom is 0.162 e. The van der Waals surface area contributed by atoms with E-state index in [9.17, 15) is 5.11 Å². The predicted molar refractivity (Wildman–Crippen MR) is 105 cm³/mol. The summed E-state index contributed by atoms with van der Waals surface area (Å²) in [5.41, 5.74) is 2.71. The Balaban J connectivity index is 1.67. The fraction of sp³-hybridized carbons (Fsp3) is 0.0909. The molecule has 0 saturated carbocycles. The molecule has 0 bridgehead atoms. The van der Waals surface area contributed by atoms with Crippen LogP contribution in [0.1, 0.15) is 11.7 Å². The van der Waals surface area contributed by atoms with Gasteiger partial charge in [0.2, 0.25) is 0 Å². The summed E-state index contributed by atoms with van der Waals surface area (Å²) in [5, 5.41) is 14.7. The van der Waals surface area contributed by atoms with E-state index in [4.69, 9.17) is 4.98 Å². The second-order valence-corrected chi connectivity index (χ2v) is 6.09. The lowest BCUT2D eigenvalue weighted by atomic mass is 10.1. The molecule has 1 unspecified atom stereocenters. The molecule has 0 radical (unpaired) electrons. The molecule has 1 atom stereocenters. The number of aromatic nitrogens is 2. The summed E-state index contributed by atoms with van der Waals surface area (Å²) < 4.78 is 0. The van der Waals surface area contributed by atoms with Crippen LogP contribution in [-0.4, -0.2) is 21.6 Å². The first-order chi connectivity index (χ1) is 12.8. The molecule has 4 aromatic rings. The van der Waals surface area contributed by atoms with Crippen molar-refractivity contribution >= 4 is 16.7 Å². The van der Waals surface area contributed by atoms with Crippen molar-refractivity contribution < 1.29 is 5.11 Å². The lowest BCUT2D eigenvalue weighted by Crippen LogP contribution is -2.13. The summed E-state index contributed by atoms with van der Waals surface area (Å²) in [6, 6.07) is 27.4. The fourth-order valence-corrected chi connectivity index (χ4v) is 2.91. The van der Waals surface area contributed by atoms with Crippen LogP contribution in [0.15, 0.2) is 84.9 Å². The summed E-state index contributed by atoms with van der Waals surface area (Å²) >= 11 is 0. The number of hydrogen-bond acceptors (Lipinski definition) is 4. The van der Waals surface area contributed by atoms with E-state index in [-0.39, 0.29) is 0 Å². The predicted octanol–water partition coefficient (Wildman–Crippen LogP) is 4.44. The molecule has 0 spiro atoms. The van der Waals surface area contributed by atoms with Gasteiger partial charge in [-0.2, -0.15) is 0 Å².